The summed E-state index contributed by atoms with van der Waals surface area (Å²) in [4.78, 5) is 7.31. The molecule has 7 nitrogen and oxygen atoms in total. The van der Waals surface area contributed by atoms with Gasteiger partial charge in [0.15, 0.2) is 11.3 Å². The second kappa shape index (κ2) is 9.16. The summed E-state index contributed by atoms with van der Waals surface area (Å²) < 4.78 is 31.3. The molecule has 3 aromatic rings. The molecule has 3 fully saturated rings. The molecular formula is C27H35F2N7. The third kappa shape index (κ3) is 4.16. The Hall–Kier alpha value is -2.97. The first-order valence-electron chi connectivity index (χ1n) is 13.3. The summed E-state index contributed by atoms with van der Waals surface area (Å²) in [5.41, 5.74) is 1.92. The first-order chi connectivity index (χ1) is 17.4. The predicted octanol–water partition coefficient (Wildman–Crippen LogP) is 6.32. The van der Waals surface area contributed by atoms with Crippen molar-refractivity contribution in [2.75, 3.05) is 16.8 Å². The average Bonchev–Trinajstić information content (AvgIpc) is 3.66. The molecule has 9 heteroatoms. The summed E-state index contributed by atoms with van der Waals surface area (Å²) in [6.45, 7) is 9.73. The van der Waals surface area contributed by atoms with E-state index in [-0.39, 0.29) is 11.7 Å². The van der Waals surface area contributed by atoms with Gasteiger partial charge in [0.2, 0.25) is 0 Å². The van der Waals surface area contributed by atoms with E-state index >= 15 is 0 Å². The van der Waals surface area contributed by atoms with Crippen molar-refractivity contribution in [3.8, 4) is 0 Å². The number of anilines is 2. The summed E-state index contributed by atoms with van der Waals surface area (Å²) in [6.07, 6.45) is 10.6. The van der Waals surface area contributed by atoms with Gasteiger partial charge >= 0.3 is 0 Å². The van der Waals surface area contributed by atoms with Gasteiger partial charge in [0, 0.05) is 30.7 Å². The van der Waals surface area contributed by atoms with Gasteiger partial charge in [0.25, 0.3) is 6.43 Å². The Bertz CT molecular complexity index is 1250. The minimum atomic E-state index is -2.67. The maximum absolute atomic E-state index is 13.9. The van der Waals surface area contributed by atoms with Crippen LogP contribution in [0.5, 0.6) is 0 Å². The molecule has 0 spiro atoms. The van der Waals surface area contributed by atoms with Crippen molar-refractivity contribution in [2.24, 2.45) is 17.8 Å². The Labute approximate surface area is 210 Å². The quantitative estimate of drug-likeness (QED) is 0.415. The van der Waals surface area contributed by atoms with Crippen LogP contribution in [-0.2, 0) is 0 Å². The lowest BCUT2D eigenvalue weighted by molar-refractivity contribution is 0.143. The van der Waals surface area contributed by atoms with Crippen LogP contribution in [0.15, 0.2) is 31.2 Å². The Morgan fingerprint density at radius 2 is 1.89 bits per heavy atom. The zero-order valence-electron chi connectivity index (χ0n) is 21.1. The van der Waals surface area contributed by atoms with Crippen LogP contribution in [0.25, 0.3) is 11.3 Å². The SMILES string of the molecule is C=C(Nc1cn(C2CCC(C(C)C)CC2)nc1C(F)F)c1cnn2ccc(N3CC4CCC3C4)nc12. The highest BCUT2D eigenvalue weighted by atomic mass is 19.3. The van der Waals surface area contributed by atoms with Crippen molar-refractivity contribution in [1.82, 2.24) is 24.4 Å². The summed E-state index contributed by atoms with van der Waals surface area (Å²) in [5.74, 6) is 3.06. The molecule has 3 aliphatic rings. The molecule has 2 bridgehead atoms. The van der Waals surface area contributed by atoms with Crippen LogP contribution in [0.3, 0.4) is 0 Å². The number of hydrogen-bond donors (Lipinski definition) is 1. The van der Waals surface area contributed by atoms with Crippen molar-refractivity contribution in [2.45, 2.75) is 77.3 Å². The molecule has 192 valence electrons. The van der Waals surface area contributed by atoms with Gasteiger partial charge in [-0.2, -0.15) is 10.2 Å². The lowest BCUT2D eigenvalue weighted by Crippen LogP contribution is -2.32. The van der Waals surface area contributed by atoms with E-state index in [4.69, 9.17) is 4.98 Å². The molecule has 2 atom stereocenters. The monoisotopic (exact) mass is 495 g/mol. The van der Waals surface area contributed by atoms with E-state index in [1.807, 2.05) is 12.3 Å². The van der Waals surface area contributed by atoms with Gasteiger partial charge in [-0.3, -0.25) is 4.68 Å². The van der Waals surface area contributed by atoms with E-state index in [0.717, 1.165) is 44.0 Å². The first kappa shape index (κ1) is 23.4. The normalized spacial score (nSPS) is 26.0. The highest BCUT2D eigenvalue weighted by Crippen LogP contribution is 2.40. The fourth-order valence-electron chi connectivity index (χ4n) is 6.55. The molecule has 1 saturated heterocycles. The third-order valence-electron chi connectivity index (χ3n) is 8.69. The zero-order chi connectivity index (χ0) is 25.0. The molecule has 1 aliphatic heterocycles. The van der Waals surface area contributed by atoms with E-state index in [1.54, 1.807) is 21.6 Å². The molecule has 4 heterocycles. The van der Waals surface area contributed by atoms with Gasteiger partial charge in [0.1, 0.15) is 5.82 Å². The second-order valence-electron chi connectivity index (χ2n) is 11.2. The van der Waals surface area contributed by atoms with Crippen molar-refractivity contribution in [3.05, 3.63) is 42.5 Å². The Kier molecular flexibility index (Phi) is 5.96. The minimum absolute atomic E-state index is 0.151. The fraction of sp³-hybridized carbons (Fsp3) is 0.593. The Balaban J connectivity index is 1.23. The highest BCUT2D eigenvalue weighted by molar-refractivity contribution is 5.82. The van der Waals surface area contributed by atoms with Gasteiger partial charge < -0.3 is 10.2 Å². The Morgan fingerprint density at radius 3 is 2.56 bits per heavy atom. The van der Waals surface area contributed by atoms with Crippen molar-refractivity contribution >= 4 is 22.8 Å². The molecular weight excluding hydrogens is 460 g/mol. The van der Waals surface area contributed by atoms with Gasteiger partial charge in [-0.25, -0.2) is 18.3 Å². The van der Waals surface area contributed by atoms with Gasteiger partial charge in [-0.1, -0.05) is 20.4 Å². The van der Waals surface area contributed by atoms with Crippen LogP contribution >= 0.6 is 0 Å². The van der Waals surface area contributed by atoms with Crippen molar-refractivity contribution < 1.29 is 8.78 Å². The lowest BCUT2D eigenvalue weighted by atomic mass is 9.80. The number of alkyl halides is 2. The first-order valence-corrected chi connectivity index (χ1v) is 13.3. The number of halogens is 2. The molecule has 0 aromatic carbocycles. The number of rotatable bonds is 7. The molecule has 3 aromatic heterocycles. The molecule has 0 amide bonds. The molecule has 2 saturated carbocycles. The van der Waals surface area contributed by atoms with Crippen LogP contribution in [0.4, 0.5) is 20.3 Å². The predicted molar refractivity (Wildman–Crippen MR) is 137 cm³/mol. The van der Waals surface area contributed by atoms with Gasteiger partial charge in [-0.05, 0) is 68.8 Å². The third-order valence-corrected chi connectivity index (χ3v) is 8.69. The standard InChI is InChI=1S/C27H35F2N7/c1-16(2)19-5-8-20(9-6-19)36-15-23(25(33-36)26(28)29)31-17(3)22-13-30-35-11-10-24(32-27(22)35)34-14-18-4-7-21(34)12-18/h10-11,13,15-16,18-21,26,31H,3-9,12,14H2,1-2H3. The number of aromatic nitrogens is 5. The lowest BCUT2D eigenvalue weighted by Gasteiger charge is -2.30. The van der Waals surface area contributed by atoms with Crippen LogP contribution in [-0.4, -0.2) is 37.0 Å². The second-order valence-corrected chi connectivity index (χ2v) is 11.2. The molecule has 36 heavy (non-hydrogen) atoms. The molecule has 1 N–H and O–H groups in total. The smallest absolute Gasteiger partial charge is 0.284 e. The Morgan fingerprint density at radius 1 is 1.11 bits per heavy atom. The highest BCUT2D eigenvalue weighted by Gasteiger charge is 2.38. The molecule has 0 radical (unpaired) electrons. The number of fused-ring (bicyclic) bond motifs is 3. The van der Waals surface area contributed by atoms with E-state index in [1.165, 1.54) is 19.3 Å². The maximum Gasteiger partial charge on any atom is 0.284 e. The van der Waals surface area contributed by atoms with E-state index in [9.17, 15) is 8.78 Å². The van der Waals surface area contributed by atoms with Crippen LogP contribution < -0.4 is 10.2 Å². The molecule has 6 rings (SSSR count). The van der Waals surface area contributed by atoms with E-state index in [0.29, 0.717) is 40.5 Å². The topological polar surface area (TPSA) is 63.3 Å². The summed E-state index contributed by atoms with van der Waals surface area (Å²) in [6, 6.07) is 2.72. The summed E-state index contributed by atoms with van der Waals surface area (Å²) >= 11 is 0. The maximum atomic E-state index is 13.9. The summed E-state index contributed by atoms with van der Waals surface area (Å²) in [7, 11) is 0. The molecule has 2 aliphatic carbocycles. The number of nitrogens with one attached hydrogen (secondary N) is 1. The average molecular weight is 496 g/mol. The van der Waals surface area contributed by atoms with Crippen LogP contribution in [0.2, 0.25) is 0 Å². The van der Waals surface area contributed by atoms with Crippen LogP contribution in [0, 0.1) is 17.8 Å². The minimum Gasteiger partial charge on any atom is -0.353 e. The number of hydrogen-bond acceptors (Lipinski definition) is 5. The van der Waals surface area contributed by atoms with E-state index in [2.05, 4.69) is 40.8 Å². The number of piperidine rings is 1. The largest absolute Gasteiger partial charge is 0.353 e. The van der Waals surface area contributed by atoms with Crippen molar-refractivity contribution in [3.63, 3.8) is 0 Å². The molecule has 2 unspecified atom stereocenters. The van der Waals surface area contributed by atoms with Crippen molar-refractivity contribution in [1.29, 1.82) is 0 Å². The van der Waals surface area contributed by atoms with Crippen LogP contribution in [0.1, 0.15) is 82.5 Å². The number of nitrogens with zero attached hydrogens (tertiary/aromatic N) is 6. The van der Waals surface area contributed by atoms with Gasteiger partial charge in [0.05, 0.1) is 23.5 Å². The fourth-order valence-corrected chi connectivity index (χ4v) is 6.55. The van der Waals surface area contributed by atoms with Gasteiger partial charge in [-0.15, -0.1) is 0 Å². The van der Waals surface area contributed by atoms with E-state index < -0.39 is 6.43 Å². The summed E-state index contributed by atoms with van der Waals surface area (Å²) in [5, 5.41) is 11.9. The zero-order valence-corrected chi connectivity index (χ0v) is 21.1.